The van der Waals surface area contributed by atoms with Gasteiger partial charge in [0.05, 0.1) is 34.3 Å². The highest BCUT2D eigenvalue weighted by Crippen LogP contribution is 2.57. The monoisotopic (exact) mass is 536 g/mol. The molecule has 2 amide bonds. The van der Waals surface area contributed by atoms with E-state index in [1.54, 1.807) is 38.7 Å². The molecule has 3 fully saturated rings. The van der Waals surface area contributed by atoms with Crippen LogP contribution in [0.2, 0.25) is 0 Å². The molecule has 3 saturated carbocycles. The molecule has 0 unspecified atom stereocenters. The first-order valence-electron chi connectivity index (χ1n) is 13.6. The van der Waals surface area contributed by atoms with Gasteiger partial charge in [0.15, 0.2) is 0 Å². The number of primary amides is 1. The summed E-state index contributed by atoms with van der Waals surface area (Å²) in [5, 5.41) is 22.1. The summed E-state index contributed by atoms with van der Waals surface area (Å²) < 4.78 is 15.4. The molecule has 0 aliphatic heterocycles. The van der Waals surface area contributed by atoms with E-state index in [9.17, 15) is 14.7 Å². The Hall–Kier alpha value is -3.60. The van der Waals surface area contributed by atoms with Crippen molar-refractivity contribution in [3.8, 4) is 11.6 Å². The topological polar surface area (TPSA) is 146 Å². The normalized spacial score (nSPS) is 24.3. The molecule has 3 aliphatic carbocycles. The van der Waals surface area contributed by atoms with Gasteiger partial charge < -0.3 is 25.6 Å². The Morgan fingerprint density at radius 1 is 1.23 bits per heavy atom. The maximum absolute atomic E-state index is 13.2. The lowest BCUT2D eigenvalue weighted by molar-refractivity contribution is -0.0849. The lowest BCUT2D eigenvalue weighted by Gasteiger charge is -2.57. The van der Waals surface area contributed by atoms with Crippen LogP contribution in [0.5, 0.6) is 11.6 Å². The average Bonchev–Trinajstić information content (AvgIpc) is 3.48. The van der Waals surface area contributed by atoms with Crippen LogP contribution in [0, 0.1) is 12.3 Å². The predicted octanol–water partition coefficient (Wildman–Crippen LogP) is 2.62. The number of nitrogens with one attached hydrogen (secondary N) is 1. The van der Waals surface area contributed by atoms with Gasteiger partial charge in [-0.3, -0.25) is 14.3 Å². The Labute approximate surface area is 226 Å². The van der Waals surface area contributed by atoms with E-state index < -0.39 is 11.5 Å². The summed E-state index contributed by atoms with van der Waals surface area (Å²) >= 11 is 0. The molecule has 3 aromatic heterocycles. The molecule has 3 aromatic rings. The Balaban J connectivity index is 1.07. The fourth-order valence-corrected chi connectivity index (χ4v) is 6.11. The van der Waals surface area contributed by atoms with Crippen molar-refractivity contribution < 1.29 is 24.2 Å². The standard InChI is InChI=1S/C28H36N6O5/c1-15-22(24(29)35)26(32-33(15)4)39-18-11-28(12-18)9-17(10-28)31-25(36)19-13-30-34-20(19)7-8-21(23(34)16-5-6-16)38-14-27(2,3)37/h7-8,13,16-18,37H,5-6,9-12,14H2,1-4H3,(H2,29,35)(H,31,36)/t17-,18-,28?. The Bertz CT molecular complexity index is 1450. The Morgan fingerprint density at radius 3 is 2.59 bits per heavy atom. The van der Waals surface area contributed by atoms with E-state index >= 15 is 0 Å². The van der Waals surface area contributed by atoms with Crippen LogP contribution in [-0.4, -0.2) is 60.7 Å². The third-order valence-electron chi connectivity index (χ3n) is 8.31. The molecule has 0 saturated heterocycles. The number of hydrogen-bond donors (Lipinski definition) is 3. The largest absolute Gasteiger partial charge is 0.489 e. The number of fused-ring (bicyclic) bond motifs is 1. The number of nitrogens with zero attached hydrogens (tertiary/aromatic N) is 4. The van der Waals surface area contributed by atoms with Gasteiger partial charge in [-0.15, -0.1) is 5.10 Å². The number of aliphatic hydroxyl groups is 1. The van der Waals surface area contributed by atoms with Gasteiger partial charge in [-0.05, 0) is 76.8 Å². The van der Waals surface area contributed by atoms with Crippen molar-refractivity contribution in [1.29, 1.82) is 0 Å². The molecule has 0 atom stereocenters. The number of carbonyl (C=O) groups excluding carboxylic acids is 2. The van der Waals surface area contributed by atoms with Crippen molar-refractivity contribution in [1.82, 2.24) is 24.7 Å². The second kappa shape index (κ2) is 8.97. The molecule has 11 heteroatoms. The first kappa shape index (κ1) is 25.7. The summed E-state index contributed by atoms with van der Waals surface area (Å²) in [7, 11) is 1.76. The van der Waals surface area contributed by atoms with Crippen LogP contribution in [0.3, 0.4) is 0 Å². The quantitative estimate of drug-likeness (QED) is 0.381. The van der Waals surface area contributed by atoms with Crippen molar-refractivity contribution in [3.05, 3.63) is 40.8 Å². The summed E-state index contributed by atoms with van der Waals surface area (Å²) in [5.74, 6) is 0.688. The molecule has 0 radical (unpaired) electrons. The molecule has 39 heavy (non-hydrogen) atoms. The van der Waals surface area contributed by atoms with E-state index in [-0.39, 0.29) is 30.1 Å². The number of rotatable bonds is 9. The number of amides is 2. The second-order valence-electron chi connectivity index (χ2n) is 12.3. The van der Waals surface area contributed by atoms with E-state index in [0.717, 1.165) is 49.7 Å². The summed E-state index contributed by atoms with van der Waals surface area (Å²) in [5.41, 5.74) is 8.03. The maximum atomic E-state index is 13.2. The zero-order chi connectivity index (χ0) is 27.7. The van der Waals surface area contributed by atoms with Gasteiger partial charge in [-0.2, -0.15) is 5.10 Å². The van der Waals surface area contributed by atoms with Crippen molar-refractivity contribution in [2.45, 2.75) is 83.0 Å². The van der Waals surface area contributed by atoms with Crippen LogP contribution in [0.25, 0.3) is 5.52 Å². The van der Waals surface area contributed by atoms with E-state index in [4.69, 9.17) is 15.2 Å². The summed E-state index contributed by atoms with van der Waals surface area (Å²) in [6.45, 7) is 5.39. The average molecular weight is 537 g/mol. The van der Waals surface area contributed by atoms with Crippen molar-refractivity contribution in [3.63, 3.8) is 0 Å². The summed E-state index contributed by atoms with van der Waals surface area (Å²) in [6.07, 6.45) is 7.24. The molecule has 0 bridgehead atoms. The van der Waals surface area contributed by atoms with Crippen molar-refractivity contribution in [2.24, 2.45) is 18.2 Å². The highest BCUT2D eigenvalue weighted by atomic mass is 16.5. The zero-order valence-corrected chi connectivity index (χ0v) is 22.9. The first-order valence-corrected chi connectivity index (χ1v) is 13.6. The fraction of sp³-hybridized carbons (Fsp3) is 0.571. The van der Waals surface area contributed by atoms with Crippen LogP contribution < -0.4 is 20.5 Å². The molecule has 1 spiro atoms. The zero-order valence-electron chi connectivity index (χ0n) is 22.9. The molecule has 208 valence electrons. The van der Waals surface area contributed by atoms with Gasteiger partial charge in [0.1, 0.15) is 24.0 Å². The van der Waals surface area contributed by atoms with Gasteiger partial charge in [-0.25, -0.2) is 4.52 Å². The van der Waals surface area contributed by atoms with Gasteiger partial charge in [0, 0.05) is 19.0 Å². The van der Waals surface area contributed by atoms with E-state index in [1.807, 2.05) is 16.6 Å². The molecule has 3 aliphatic rings. The lowest BCUT2D eigenvalue weighted by Crippen LogP contribution is -2.58. The molecule has 0 aromatic carbocycles. The molecule has 11 nitrogen and oxygen atoms in total. The minimum Gasteiger partial charge on any atom is -0.489 e. The Kier molecular flexibility index (Phi) is 5.90. The van der Waals surface area contributed by atoms with Crippen LogP contribution in [0.1, 0.15) is 90.4 Å². The number of carbonyl (C=O) groups is 2. The van der Waals surface area contributed by atoms with E-state index in [1.165, 1.54) is 0 Å². The highest BCUT2D eigenvalue weighted by molar-refractivity contribution is 6.01. The minimum atomic E-state index is -0.943. The van der Waals surface area contributed by atoms with Gasteiger partial charge >= 0.3 is 0 Å². The predicted molar refractivity (Wildman–Crippen MR) is 142 cm³/mol. The van der Waals surface area contributed by atoms with Crippen LogP contribution in [0.4, 0.5) is 0 Å². The second-order valence-corrected chi connectivity index (χ2v) is 12.3. The van der Waals surface area contributed by atoms with Gasteiger partial charge in [0.2, 0.25) is 5.88 Å². The summed E-state index contributed by atoms with van der Waals surface area (Å²) in [6, 6.07) is 3.85. The third-order valence-corrected chi connectivity index (χ3v) is 8.31. The molecular formula is C28H36N6O5. The third kappa shape index (κ3) is 4.73. The van der Waals surface area contributed by atoms with Gasteiger partial charge in [-0.1, -0.05) is 0 Å². The smallest absolute Gasteiger partial charge is 0.256 e. The van der Waals surface area contributed by atoms with Crippen LogP contribution >= 0.6 is 0 Å². The lowest BCUT2D eigenvalue weighted by atomic mass is 9.53. The highest BCUT2D eigenvalue weighted by Gasteiger charge is 2.54. The van der Waals surface area contributed by atoms with Gasteiger partial charge in [0.25, 0.3) is 11.8 Å². The van der Waals surface area contributed by atoms with Crippen molar-refractivity contribution >= 4 is 17.3 Å². The summed E-state index contributed by atoms with van der Waals surface area (Å²) in [4.78, 5) is 25.0. The van der Waals surface area contributed by atoms with Crippen LogP contribution in [-0.2, 0) is 7.05 Å². The molecule has 3 heterocycles. The number of ether oxygens (including phenoxy) is 2. The van der Waals surface area contributed by atoms with E-state index in [0.29, 0.717) is 34.4 Å². The van der Waals surface area contributed by atoms with Crippen molar-refractivity contribution in [2.75, 3.05) is 6.61 Å². The minimum absolute atomic E-state index is 0.0117. The first-order chi connectivity index (χ1) is 18.4. The Morgan fingerprint density at radius 2 is 1.95 bits per heavy atom. The number of hydrogen-bond acceptors (Lipinski definition) is 7. The maximum Gasteiger partial charge on any atom is 0.256 e. The fourth-order valence-electron chi connectivity index (χ4n) is 6.11. The van der Waals surface area contributed by atoms with E-state index in [2.05, 4.69) is 15.5 Å². The molecule has 4 N–H and O–H groups in total. The number of aryl methyl sites for hydroxylation is 1. The SMILES string of the molecule is Cc1c(C(N)=O)c(O[C@H]2CC3(C[C@H](NC(=O)c4cnn5c(C6CC6)c(OCC(C)(C)O)ccc45)C3)C2)nn1C. The number of nitrogens with two attached hydrogens (primary N) is 1. The number of pyridine rings is 1. The molecule has 6 rings (SSSR count). The van der Waals surface area contributed by atoms with Crippen LogP contribution in [0.15, 0.2) is 18.3 Å². The number of aromatic nitrogens is 4. The molecular weight excluding hydrogens is 500 g/mol.